The van der Waals surface area contributed by atoms with Crippen LogP contribution < -0.4 is 10.6 Å². The number of allylic oxidation sites excluding steroid dienone is 1. The van der Waals surface area contributed by atoms with E-state index in [-0.39, 0.29) is 17.9 Å². The minimum atomic E-state index is 0.0320. The number of ketones is 1. The average molecular weight is 509 g/mol. The predicted octanol–water partition coefficient (Wildman–Crippen LogP) is 7.59. The lowest BCUT2D eigenvalue weighted by Crippen LogP contribution is -2.43. The third-order valence-electron chi connectivity index (χ3n) is 7.13. The van der Waals surface area contributed by atoms with E-state index in [1.165, 1.54) is 22.3 Å². The van der Waals surface area contributed by atoms with Crippen molar-refractivity contribution in [1.82, 2.24) is 10.6 Å². The van der Waals surface area contributed by atoms with E-state index < -0.39 is 0 Å². The Morgan fingerprint density at radius 3 is 2.03 bits per heavy atom. The fraction of sp³-hybridized carbons (Fsp3) is 0.343. The van der Waals surface area contributed by atoms with Crippen LogP contribution in [0.15, 0.2) is 109 Å². The molecule has 3 atom stereocenters. The molecule has 0 heterocycles. The van der Waals surface area contributed by atoms with Gasteiger partial charge in [0.25, 0.3) is 0 Å². The number of carbonyl (C=O) groups excluding carboxylic acids is 1. The molecule has 2 N–H and O–H groups in total. The summed E-state index contributed by atoms with van der Waals surface area (Å²) in [7, 11) is 0. The Kier molecular flexibility index (Phi) is 11.0. The molecule has 0 saturated carbocycles. The molecule has 0 aliphatic carbocycles. The molecule has 38 heavy (non-hydrogen) atoms. The number of Topliss-reactive ketones (excluding diaryl/α,β-unsaturated/α-hetero) is 1. The van der Waals surface area contributed by atoms with Gasteiger partial charge < -0.3 is 15.4 Å². The van der Waals surface area contributed by atoms with Crippen molar-refractivity contribution in [2.75, 3.05) is 0 Å². The maximum Gasteiger partial charge on any atom is 0.129 e. The van der Waals surface area contributed by atoms with Gasteiger partial charge in [-0.2, -0.15) is 0 Å². The SMILES string of the molecule is C=C(Cc1cccc(C(C)c2ccccc2)c1)NC(C(=C)NC(CCC(C)=O)Cc1ccccc1)C(C)C. The fourth-order valence-electron chi connectivity index (χ4n) is 4.93. The van der Waals surface area contributed by atoms with Gasteiger partial charge in [0.15, 0.2) is 0 Å². The molecular weight excluding hydrogens is 464 g/mol. The summed E-state index contributed by atoms with van der Waals surface area (Å²) < 4.78 is 0. The molecule has 3 nitrogen and oxygen atoms in total. The van der Waals surface area contributed by atoms with Crippen molar-refractivity contribution in [3.05, 3.63) is 132 Å². The number of hydrogen-bond acceptors (Lipinski definition) is 3. The van der Waals surface area contributed by atoms with E-state index in [0.717, 1.165) is 30.7 Å². The Morgan fingerprint density at radius 2 is 1.39 bits per heavy atom. The van der Waals surface area contributed by atoms with Crippen molar-refractivity contribution in [3.63, 3.8) is 0 Å². The van der Waals surface area contributed by atoms with Crippen LogP contribution in [-0.4, -0.2) is 17.9 Å². The molecule has 3 rings (SSSR count). The number of benzene rings is 3. The minimum Gasteiger partial charge on any atom is -0.384 e. The highest BCUT2D eigenvalue weighted by Crippen LogP contribution is 2.25. The van der Waals surface area contributed by atoms with Crippen LogP contribution in [0.2, 0.25) is 0 Å². The van der Waals surface area contributed by atoms with Crippen LogP contribution >= 0.6 is 0 Å². The van der Waals surface area contributed by atoms with Crippen molar-refractivity contribution in [2.45, 2.75) is 71.4 Å². The summed E-state index contributed by atoms with van der Waals surface area (Å²) in [5.41, 5.74) is 7.04. The van der Waals surface area contributed by atoms with Crippen LogP contribution in [0.25, 0.3) is 0 Å². The Labute approximate surface area is 230 Å². The zero-order chi connectivity index (χ0) is 27.5. The molecule has 0 aliphatic heterocycles. The molecule has 3 heteroatoms. The van der Waals surface area contributed by atoms with Gasteiger partial charge in [-0.25, -0.2) is 0 Å². The quantitative estimate of drug-likeness (QED) is 0.222. The third-order valence-corrected chi connectivity index (χ3v) is 7.13. The second-order valence-corrected chi connectivity index (χ2v) is 10.8. The van der Waals surface area contributed by atoms with Gasteiger partial charge in [-0.15, -0.1) is 0 Å². The van der Waals surface area contributed by atoms with Gasteiger partial charge in [-0.05, 0) is 47.9 Å². The summed E-state index contributed by atoms with van der Waals surface area (Å²) in [5.74, 6) is 0.869. The van der Waals surface area contributed by atoms with E-state index >= 15 is 0 Å². The molecule has 3 unspecified atom stereocenters. The highest BCUT2D eigenvalue weighted by molar-refractivity contribution is 5.75. The summed E-state index contributed by atoms with van der Waals surface area (Å²) in [6.07, 6.45) is 2.94. The second-order valence-electron chi connectivity index (χ2n) is 10.8. The lowest BCUT2D eigenvalue weighted by molar-refractivity contribution is -0.117. The summed E-state index contributed by atoms with van der Waals surface area (Å²) in [6.45, 7) is 17.1. The zero-order valence-corrected chi connectivity index (χ0v) is 23.5. The van der Waals surface area contributed by atoms with Crippen LogP contribution in [-0.2, 0) is 17.6 Å². The third kappa shape index (κ3) is 9.06. The summed E-state index contributed by atoms with van der Waals surface area (Å²) in [5, 5.41) is 7.32. The van der Waals surface area contributed by atoms with E-state index in [2.05, 4.69) is 123 Å². The molecule has 0 aromatic heterocycles. The number of nitrogens with one attached hydrogen (secondary N) is 2. The molecule has 0 radical (unpaired) electrons. The topological polar surface area (TPSA) is 41.1 Å². The van der Waals surface area contributed by atoms with Gasteiger partial charge in [-0.1, -0.05) is 119 Å². The van der Waals surface area contributed by atoms with E-state index in [9.17, 15) is 4.79 Å². The number of carbonyl (C=O) groups is 1. The lowest BCUT2D eigenvalue weighted by Gasteiger charge is -2.31. The van der Waals surface area contributed by atoms with Crippen molar-refractivity contribution in [2.24, 2.45) is 5.92 Å². The fourth-order valence-corrected chi connectivity index (χ4v) is 4.93. The maximum atomic E-state index is 11.7. The van der Waals surface area contributed by atoms with Crippen molar-refractivity contribution in [3.8, 4) is 0 Å². The Hall–Kier alpha value is -3.59. The molecule has 0 amide bonds. The Balaban J connectivity index is 1.65. The van der Waals surface area contributed by atoms with Gasteiger partial charge in [0.2, 0.25) is 0 Å². The first kappa shape index (κ1) is 29.0. The van der Waals surface area contributed by atoms with Crippen molar-refractivity contribution < 1.29 is 4.79 Å². The van der Waals surface area contributed by atoms with Crippen LogP contribution in [0.1, 0.15) is 68.7 Å². The van der Waals surface area contributed by atoms with Gasteiger partial charge >= 0.3 is 0 Å². The van der Waals surface area contributed by atoms with Gasteiger partial charge in [-0.3, -0.25) is 0 Å². The first-order valence-electron chi connectivity index (χ1n) is 13.8. The second kappa shape index (κ2) is 14.4. The molecule has 0 fully saturated rings. The van der Waals surface area contributed by atoms with E-state index in [1.807, 2.05) is 6.07 Å². The molecule has 0 aliphatic rings. The largest absolute Gasteiger partial charge is 0.384 e. The normalized spacial score (nSPS) is 13.4. The van der Waals surface area contributed by atoms with Crippen LogP contribution in [0.4, 0.5) is 0 Å². The van der Waals surface area contributed by atoms with Crippen molar-refractivity contribution >= 4 is 5.78 Å². The monoisotopic (exact) mass is 508 g/mol. The summed E-state index contributed by atoms with van der Waals surface area (Å²) in [4.78, 5) is 11.7. The minimum absolute atomic E-state index is 0.0320. The molecular formula is C35H44N2O. The summed E-state index contributed by atoms with van der Waals surface area (Å²) in [6, 6.07) is 30.0. The first-order chi connectivity index (χ1) is 18.2. The smallest absolute Gasteiger partial charge is 0.129 e. The molecule has 3 aromatic carbocycles. The van der Waals surface area contributed by atoms with E-state index in [0.29, 0.717) is 18.3 Å². The standard InChI is InChI=1S/C35H44N2O/c1-25(2)35(29(6)37-34(21-20-27(4)38)24-30-14-9-7-10-15-30)36-26(3)22-31-16-13-19-33(23-31)28(5)32-17-11-8-12-18-32/h7-19,23,25,28,34-37H,3,6,20-22,24H2,1-2,4-5H3. The molecule has 0 spiro atoms. The predicted molar refractivity (Wildman–Crippen MR) is 161 cm³/mol. The first-order valence-corrected chi connectivity index (χ1v) is 13.8. The Bertz CT molecular complexity index is 1180. The van der Waals surface area contributed by atoms with Gasteiger partial charge in [0.05, 0.1) is 6.04 Å². The lowest BCUT2D eigenvalue weighted by atomic mass is 9.91. The molecule has 0 bridgehead atoms. The summed E-state index contributed by atoms with van der Waals surface area (Å²) >= 11 is 0. The highest BCUT2D eigenvalue weighted by Gasteiger charge is 2.21. The van der Waals surface area contributed by atoms with Gasteiger partial charge in [0, 0.05) is 36.2 Å². The number of hydrogen-bond donors (Lipinski definition) is 2. The highest BCUT2D eigenvalue weighted by atomic mass is 16.1. The zero-order valence-electron chi connectivity index (χ0n) is 23.5. The molecule has 3 aromatic rings. The van der Waals surface area contributed by atoms with Crippen LogP contribution in [0.5, 0.6) is 0 Å². The van der Waals surface area contributed by atoms with E-state index in [4.69, 9.17) is 0 Å². The Morgan fingerprint density at radius 1 is 0.789 bits per heavy atom. The maximum absolute atomic E-state index is 11.7. The van der Waals surface area contributed by atoms with Gasteiger partial charge in [0.1, 0.15) is 5.78 Å². The number of rotatable bonds is 15. The van der Waals surface area contributed by atoms with Crippen molar-refractivity contribution in [1.29, 1.82) is 0 Å². The van der Waals surface area contributed by atoms with E-state index in [1.54, 1.807) is 6.92 Å². The van der Waals surface area contributed by atoms with Crippen LogP contribution in [0.3, 0.4) is 0 Å². The molecule has 0 saturated heterocycles. The molecule has 200 valence electrons. The van der Waals surface area contributed by atoms with Crippen LogP contribution in [0, 0.1) is 5.92 Å². The average Bonchev–Trinajstić information content (AvgIpc) is 2.91.